The number of amides is 14. The van der Waals surface area contributed by atoms with Crippen LogP contribution >= 0.6 is 21.6 Å². The van der Waals surface area contributed by atoms with Gasteiger partial charge in [-0.15, -0.1) is 0 Å². The molecule has 0 saturated carbocycles. The van der Waals surface area contributed by atoms with Crippen molar-refractivity contribution in [3.05, 3.63) is 71.8 Å². The molecule has 14 amide bonds. The van der Waals surface area contributed by atoms with Gasteiger partial charge in [0.25, 0.3) is 0 Å². The first-order chi connectivity index (χ1) is 50.0. The molecule has 1 aliphatic rings. The molecule has 1 saturated heterocycles. The highest BCUT2D eigenvalue weighted by Crippen LogP contribution is 2.23. The number of unbranched alkanes of at least 4 members (excludes halogenated alkanes) is 2. The lowest BCUT2D eigenvalue weighted by Crippen LogP contribution is -2.60. The van der Waals surface area contributed by atoms with Gasteiger partial charge in [-0.1, -0.05) is 82.3 Å². The van der Waals surface area contributed by atoms with E-state index in [1.807, 2.05) is 0 Å². The molecule has 31 N–H and O–H groups in total. The third-order valence-electron chi connectivity index (χ3n) is 15.7. The van der Waals surface area contributed by atoms with Crippen LogP contribution in [-0.4, -0.2) is 241 Å². The molecule has 39 nitrogen and oxygen atoms in total. The zero-order chi connectivity index (χ0) is 78.0. The second-order valence-corrected chi connectivity index (χ2v) is 26.9. The summed E-state index contributed by atoms with van der Waals surface area (Å²) in [4.78, 5) is 200. The van der Waals surface area contributed by atoms with Crippen LogP contribution in [0.3, 0.4) is 0 Å². The monoisotopic (exact) mass is 1510 g/mol. The molecule has 105 heavy (non-hydrogen) atoms. The maximum atomic E-state index is 14.7. The lowest BCUT2D eigenvalue weighted by atomic mass is 10.0. The highest BCUT2D eigenvalue weighted by molar-refractivity contribution is 8.76. The van der Waals surface area contributed by atoms with Gasteiger partial charge in [0.05, 0.1) is 38.4 Å². The number of carbonyl (C=O) groups excluding carboxylic acids is 14. The highest BCUT2D eigenvalue weighted by Gasteiger charge is 2.36. The first kappa shape index (κ1) is 89.3. The SMILES string of the molecule is C[C@H](NC(=O)[C@H](CO)NC(=O)[C@H](CCCCN)NC(=O)[C@H](CCCN=C(N)N)NC(=O)[C@@H]1CSSC[C@H](N)C(=O)N[C@@H](Cc2ccccc2)C(=O)NCC(=O)NCC(=O)N[C@@H](Cc2ccccc2)C(=O)N[C@H]([C@@H](C)O)C(=O)NCC(=O)N1)C(=O)N[C@@H](CCCN=C(N)N)C(=O)N[C@@H](CCCCN)C(N)=O. The van der Waals surface area contributed by atoms with Crippen molar-refractivity contribution < 1.29 is 77.3 Å². The summed E-state index contributed by atoms with van der Waals surface area (Å²) in [7, 11) is 1.86. The van der Waals surface area contributed by atoms with Crippen molar-refractivity contribution in [1.82, 2.24) is 69.1 Å². The van der Waals surface area contributed by atoms with Gasteiger partial charge in [0.1, 0.15) is 60.4 Å². The Balaban J connectivity index is 1.98. The van der Waals surface area contributed by atoms with Crippen LogP contribution in [0.1, 0.15) is 89.2 Å². The van der Waals surface area contributed by atoms with Gasteiger partial charge < -0.3 is 125 Å². The smallest absolute Gasteiger partial charge is 0.245 e. The van der Waals surface area contributed by atoms with E-state index in [1.165, 1.54) is 6.92 Å². The Hall–Kier alpha value is -9.94. The fourth-order valence-corrected chi connectivity index (χ4v) is 12.2. The Kier molecular flexibility index (Phi) is 41.6. The summed E-state index contributed by atoms with van der Waals surface area (Å²) in [6, 6.07) is 0.692. The maximum absolute atomic E-state index is 14.7. The van der Waals surface area contributed by atoms with Crippen molar-refractivity contribution in [1.29, 1.82) is 0 Å². The van der Waals surface area contributed by atoms with Crippen LogP contribution in [0.5, 0.6) is 0 Å². The number of nitrogens with zero attached hydrogens (tertiary/aromatic N) is 2. The zero-order valence-electron chi connectivity index (χ0n) is 58.7. The van der Waals surface area contributed by atoms with Gasteiger partial charge in [-0.3, -0.25) is 77.1 Å². The number of benzene rings is 2. The second-order valence-electron chi connectivity index (χ2n) is 24.4. The van der Waals surface area contributed by atoms with Gasteiger partial charge >= 0.3 is 0 Å². The minimum Gasteiger partial charge on any atom is -0.394 e. The van der Waals surface area contributed by atoms with E-state index in [0.29, 0.717) is 36.9 Å². The van der Waals surface area contributed by atoms with Crippen molar-refractivity contribution in [3.8, 4) is 0 Å². The number of primary amides is 1. The summed E-state index contributed by atoms with van der Waals surface area (Å²) >= 11 is 0. The summed E-state index contributed by atoms with van der Waals surface area (Å²) < 4.78 is 0. The molecule has 0 unspecified atom stereocenters. The van der Waals surface area contributed by atoms with Crippen molar-refractivity contribution in [2.45, 2.75) is 163 Å². The normalized spacial score (nSPS) is 19.6. The third-order valence-corrected chi connectivity index (χ3v) is 18.1. The van der Waals surface area contributed by atoms with Crippen molar-refractivity contribution in [3.63, 3.8) is 0 Å². The summed E-state index contributed by atoms with van der Waals surface area (Å²) in [6.07, 6.45) is -0.477. The molecule has 41 heteroatoms. The van der Waals surface area contributed by atoms with Crippen molar-refractivity contribution in [2.24, 2.45) is 55.9 Å². The van der Waals surface area contributed by atoms with E-state index in [-0.39, 0.29) is 101 Å². The fourth-order valence-electron chi connectivity index (χ4n) is 9.90. The molecule has 12 atom stereocenters. The second kappa shape index (κ2) is 48.9. The molecule has 1 fully saturated rings. The van der Waals surface area contributed by atoms with Crippen LogP contribution in [0.2, 0.25) is 0 Å². The topological polar surface area (TPSA) is 669 Å². The van der Waals surface area contributed by atoms with Gasteiger partial charge in [-0.05, 0) is 102 Å². The average molecular weight is 1510 g/mol. The number of carbonyl (C=O) groups is 14. The number of hydrogen-bond donors (Lipinski definition) is 23. The van der Waals surface area contributed by atoms with E-state index in [9.17, 15) is 77.3 Å². The lowest BCUT2D eigenvalue weighted by Gasteiger charge is -2.27. The van der Waals surface area contributed by atoms with Gasteiger partial charge in [-0.2, -0.15) is 0 Å². The van der Waals surface area contributed by atoms with Crippen LogP contribution in [-0.2, 0) is 80.0 Å². The predicted molar refractivity (Wildman–Crippen MR) is 391 cm³/mol. The standard InChI is InChI=1S/C64H103N23O16S2/c1-35(53(94)82-42(21-13-25-73-63(69)70)56(97)81-40(52(68)93)19-9-11-23-65)78-60(101)46(32-88)86-58(99)41(20-10-12-24-66)83-57(98)43(22-14-26-74-64(71)72)84-61(102)47-34-105-104-33-39(67)54(95)85-44(27-37-15-5-3-6-16-37)55(96)76-29-48(90)75-30-49(91)79-45(28-38-17-7-4-8-18-38)59(100)87-51(36(2)89)62(103)77-31-50(92)80-47/h3-8,15-18,35-36,39-47,51,88-89H,9-14,19-34,65-67H2,1-2H3,(H2,68,93)(H,75,90)(H,76,96)(H,77,103)(H,78,101)(H,79,91)(H,80,92)(H,81,97)(H,82,94)(H,83,98)(H,84,102)(H,85,95)(H,86,99)(H,87,100)(H4,69,70,73)(H4,71,72,74)/t35-,36+,39-,40-,41-,42-,43-,44-,45-,46-,47-,51+/m0/s1. The van der Waals surface area contributed by atoms with Crippen LogP contribution in [0, 0.1) is 0 Å². The third kappa shape index (κ3) is 35.4. The molecule has 0 radical (unpaired) electrons. The van der Waals surface area contributed by atoms with Crippen molar-refractivity contribution in [2.75, 3.05) is 63.9 Å². The molecule has 0 bridgehead atoms. The zero-order valence-corrected chi connectivity index (χ0v) is 60.3. The number of nitrogens with two attached hydrogens (primary N) is 8. The largest absolute Gasteiger partial charge is 0.394 e. The minimum absolute atomic E-state index is 0.00248. The number of nitrogens with one attached hydrogen (secondary N) is 13. The first-order valence-corrected chi connectivity index (χ1v) is 36.5. The molecule has 1 aliphatic heterocycles. The van der Waals surface area contributed by atoms with Crippen LogP contribution in [0.15, 0.2) is 70.6 Å². The van der Waals surface area contributed by atoms with Gasteiger partial charge in [0.2, 0.25) is 82.7 Å². The predicted octanol–water partition coefficient (Wildman–Crippen LogP) is -9.37. The number of hydrogen-bond acceptors (Lipinski definition) is 23. The summed E-state index contributed by atoms with van der Waals surface area (Å²) in [5.41, 5.74) is 46.5. The summed E-state index contributed by atoms with van der Waals surface area (Å²) in [5, 5.41) is 53.3. The van der Waals surface area contributed by atoms with E-state index >= 15 is 0 Å². The first-order valence-electron chi connectivity index (χ1n) is 34.0. The van der Waals surface area contributed by atoms with E-state index in [4.69, 9.17) is 45.9 Å². The molecule has 3 rings (SSSR count). The Labute approximate surface area is 615 Å². The van der Waals surface area contributed by atoms with Crippen LogP contribution < -0.4 is 115 Å². The Morgan fingerprint density at radius 3 is 1.45 bits per heavy atom. The van der Waals surface area contributed by atoms with Gasteiger partial charge in [0, 0.05) is 37.4 Å². The van der Waals surface area contributed by atoms with E-state index in [1.54, 1.807) is 60.7 Å². The number of guanidine groups is 2. The molecular formula is C64H103N23O16S2. The highest BCUT2D eigenvalue weighted by atomic mass is 33.1. The molecular weight excluding hydrogens is 1410 g/mol. The maximum Gasteiger partial charge on any atom is 0.245 e. The van der Waals surface area contributed by atoms with Crippen LogP contribution in [0.4, 0.5) is 0 Å². The summed E-state index contributed by atoms with van der Waals surface area (Å²) in [6.45, 7) is -0.476. The number of aliphatic hydroxyl groups is 2. The fraction of sp³-hybridized carbons (Fsp3) is 0.562. The number of aliphatic imine (C=N–C) groups is 2. The number of aliphatic hydroxyl groups excluding tert-OH is 2. The lowest BCUT2D eigenvalue weighted by molar-refractivity contribution is -0.136. The molecule has 2 aromatic rings. The van der Waals surface area contributed by atoms with Crippen LogP contribution in [0.25, 0.3) is 0 Å². The average Bonchev–Trinajstić information content (AvgIpc) is 0.873. The van der Waals surface area contributed by atoms with E-state index in [0.717, 1.165) is 28.5 Å². The molecule has 0 spiro atoms. The van der Waals surface area contributed by atoms with Gasteiger partial charge in [-0.25, -0.2) is 0 Å². The Morgan fingerprint density at radius 1 is 0.495 bits per heavy atom. The van der Waals surface area contributed by atoms with E-state index < -0.39 is 182 Å². The molecule has 1 heterocycles. The Morgan fingerprint density at radius 2 is 0.933 bits per heavy atom. The van der Waals surface area contributed by atoms with E-state index in [2.05, 4.69) is 79.1 Å². The Bertz CT molecular complexity index is 3260. The molecule has 0 aliphatic carbocycles. The van der Waals surface area contributed by atoms with Gasteiger partial charge in [0.15, 0.2) is 11.9 Å². The molecule has 2 aromatic carbocycles. The quantitative estimate of drug-likeness (QED) is 0.0132. The summed E-state index contributed by atoms with van der Waals surface area (Å²) in [5.74, 6) is -14.2. The molecule has 582 valence electrons. The minimum atomic E-state index is -1.78. The van der Waals surface area contributed by atoms with Crippen molar-refractivity contribution >= 4 is 116 Å². The number of rotatable bonds is 35. The molecule has 0 aromatic heterocycles.